The monoisotopic (exact) mass is 404 g/mol. The van der Waals surface area contributed by atoms with E-state index in [2.05, 4.69) is 31.1 Å². The van der Waals surface area contributed by atoms with E-state index in [1.807, 2.05) is 67.3 Å². The van der Waals surface area contributed by atoms with Gasteiger partial charge >= 0.3 is 0 Å². The molecule has 0 bridgehead atoms. The molecule has 0 unspecified atom stereocenters. The Hall–Kier alpha value is -3.59. The van der Waals surface area contributed by atoms with Crippen molar-refractivity contribution in [1.29, 1.82) is 0 Å². The van der Waals surface area contributed by atoms with E-state index in [9.17, 15) is 4.79 Å². The van der Waals surface area contributed by atoms with Gasteiger partial charge in [-0.25, -0.2) is 4.98 Å². The number of aromatic nitrogens is 5. The molecule has 2 aromatic carbocycles. The summed E-state index contributed by atoms with van der Waals surface area (Å²) >= 11 is 0. The first-order valence-corrected chi connectivity index (χ1v) is 10.1. The molecule has 0 aliphatic carbocycles. The number of hydrogen-bond donors (Lipinski definition) is 2. The number of carbonyl (C=O) groups is 1. The SMILES string of the molecule is CC.O=C(c1ccc(Nc2nc3ccccc3n3nnnc23)cc1)N1CCNCC1. The molecule has 4 aromatic rings. The Kier molecular flexibility index (Phi) is 5.80. The van der Waals surface area contributed by atoms with Crippen LogP contribution in [0.15, 0.2) is 48.5 Å². The third-order valence-corrected chi connectivity index (χ3v) is 4.82. The van der Waals surface area contributed by atoms with Gasteiger partial charge in [-0.1, -0.05) is 26.0 Å². The Morgan fingerprint density at radius 1 is 1.03 bits per heavy atom. The van der Waals surface area contributed by atoms with Crippen molar-refractivity contribution in [3.05, 3.63) is 54.1 Å². The summed E-state index contributed by atoms with van der Waals surface area (Å²) < 4.78 is 1.66. The van der Waals surface area contributed by atoms with Gasteiger partial charge < -0.3 is 15.5 Å². The van der Waals surface area contributed by atoms with E-state index in [0.717, 1.165) is 42.9 Å². The van der Waals surface area contributed by atoms with Crippen molar-refractivity contribution in [1.82, 2.24) is 35.2 Å². The minimum atomic E-state index is 0.0564. The Morgan fingerprint density at radius 3 is 2.53 bits per heavy atom. The number of anilines is 2. The molecular formula is C21H24N8O. The molecule has 1 aliphatic heterocycles. The highest BCUT2D eigenvalue weighted by molar-refractivity contribution is 5.94. The van der Waals surface area contributed by atoms with Gasteiger partial charge in [-0.15, -0.1) is 5.10 Å². The van der Waals surface area contributed by atoms with Gasteiger partial charge in [0.15, 0.2) is 5.82 Å². The summed E-state index contributed by atoms with van der Waals surface area (Å²) in [6, 6.07) is 15.1. The van der Waals surface area contributed by atoms with Crippen LogP contribution in [-0.4, -0.2) is 62.0 Å². The maximum atomic E-state index is 12.6. The number of benzene rings is 2. The molecule has 1 saturated heterocycles. The fourth-order valence-corrected chi connectivity index (χ4v) is 3.37. The van der Waals surface area contributed by atoms with Crippen LogP contribution in [0.25, 0.3) is 16.7 Å². The van der Waals surface area contributed by atoms with Crippen LogP contribution in [0.3, 0.4) is 0 Å². The average molecular weight is 404 g/mol. The van der Waals surface area contributed by atoms with Crippen LogP contribution in [0, 0.1) is 0 Å². The molecular weight excluding hydrogens is 380 g/mol. The lowest BCUT2D eigenvalue weighted by molar-refractivity contribution is 0.0736. The molecule has 0 saturated carbocycles. The molecule has 154 valence electrons. The predicted molar refractivity (Wildman–Crippen MR) is 116 cm³/mol. The molecule has 5 rings (SSSR count). The van der Waals surface area contributed by atoms with Crippen LogP contribution in [0.4, 0.5) is 11.5 Å². The van der Waals surface area contributed by atoms with E-state index in [0.29, 0.717) is 17.0 Å². The van der Waals surface area contributed by atoms with Gasteiger partial charge in [-0.05, 0) is 46.8 Å². The zero-order chi connectivity index (χ0) is 20.9. The Labute approximate surface area is 174 Å². The molecule has 2 aromatic heterocycles. The summed E-state index contributed by atoms with van der Waals surface area (Å²) in [6.45, 7) is 7.14. The van der Waals surface area contributed by atoms with Crippen molar-refractivity contribution in [2.24, 2.45) is 0 Å². The number of amides is 1. The van der Waals surface area contributed by atoms with Gasteiger partial charge in [-0.2, -0.15) is 4.52 Å². The summed E-state index contributed by atoms with van der Waals surface area (Å²) in [5, 5.41) is 18.4. The average Bonchev–Trinajstić information content (AvgIpc) is 3.32. The first-order chi connectivity index (χ1) is 14.8. The maximum absolute atomic E-state index is 12.6. The van der Waals surface area contributed by atoms with Crippen LogP contribution in [0.2, 0.25) is 0 Å². The van der Waals surface area contributed by atoms with Crippen LogP contribution >= 0.6 is 0 Å². The number of piperazine rings is 1. The molecule has 1 aliphatic rings. The zero-order valence-electron chi connectivity index (χ0n) is 17.0. The number of tetrazole rings is 1. The first kappa shape index (κ1) is 19.7. The summed E-state index contributed by atoms with van der Waals surface area (Å²) in [5.74, 6) is 0.616. The van der Waals surface area contributed by atoms with Crippen molar-refractivity contribution < 1.29 is 4.79 Å². The molecule has 30 heavy (non-hydrogen) atoms. The number of nitrogens with zero attached hydrogens (tertiary/aromatic N) is 6. The number of nitrogens with one attached hydrogen (secondary N) is 2. The quantitative estimate of drug-likeness (QED) is 0.541. The Bertz CT molecular complexity index is 1150. The fraction of sp³-hybridized carbons (Fsp3) is 0.286. The van der Waals surface area contributed by atoms with Crippen molar-refractivity contribution in [2.75, 3.05) is 31.5 Å². The maximum Gasteiger partial charge on any atom is 0.253 e. The number of para-hydroxylation sites is 2. The second-order valence-electron chi connectivity index (χ2n) is 6.61. The van der Waals surface area contributed by atoms with Crippen LogP contribution in [0.1, 0.15) is 24.2 Å². The number of hydrogen-bond acceptors (Lipinski definition) is 7. The zero-order valence-corrected chi connectivity index (χ0v) is 17.0. The van der Waals surface area contributed by atoms with Crippen molar-refractivity contribution in [3.8, 4) is 0 Å². The minimum Gasteiger partial charge on any atom is -0.337 e. The van der Waals surface area contributed by atoms with E-state index in [1.165, 1.54) is 0 Å². The van der Waals surface area contributed by atoms with E-state index >= 15 is 0 Å². The summed E-state index contributed by atoms with van der Waals surface area (Å²) in [4.78, 5) is 19.1. The Morgan fingerprint density at radius 2 is 1.77 bits per heavy atom. The predicted octanol–water partition coefficient (Wildman–Crippen LogP) is 2.49. The molecule has 1 fully saturated rings. The van der Waals surface area contributed by atoms with Crippen molar-refractivity contribution >= 4 is 34.1 Å². The van der Waals surface area contributed by atoms with E-state index in [-0.39, 0.29) is 5.91 Å². The molecule has 1 amide bonds. The molecule has 2 N–H and O–H groups in total. The van der Waals surface area contributed by atoms with Gasteiger partial charge in [0.25, 0.3) is 5.91 Å². The Balaban J connectivity index is 0.00000106. The lowest BCUT2D eigenvalue weighted by Gasteiger charge is -2.27. The lowest BCUT2D eigenvalue weighted by Crippen LogP contribution is -2.46. The van der Waals surface area contributed by atoms with Gasteiger partial charge in [0.1, 0.15) is 0 Å². The third kappa shape index (κ3) is 3.79. The summed E-state index contributed by atoms with van der Waals surface area (Å²) in [5.41, 5.74) is 3.65. The van der Waals surface area contributed by atoms with Crippen molar-refractivity contribution in [3.63, 3.8) is 0 Å². The van der Waals surface area contributed by atoms with Crippen LogP contribution in [-0.2, 0) is 0 Å². The van der Waals surface area contributed by atoms with Gasteiger partial charge in [0.2, 0.25) is 5.65 Å². The van der Waals surface area contributed by atoms with Crippen LogP contribution < -0.4 is 10.6 Å². The van der Waals surface area contributed by atoms with Gasteiger partial charge in [-0.3, -0.25) is 4.79 Å². The highest BCUT2D eigenvalue weighted by Crippen LogP contribution is 2.23. The smallest absolute Gasteiger partial charge is 0.253 e. The second-order valence-corrected chi connectivity index (χ2v) is 6.61. The second kappa shape index (κ2) is 8.83. The van der Waals surface area contributed by atoms with E-state index in [1.54, 1.807) is 4.52 Å². The number of fused-ring (bicyclic) bond motifs is 3. The van der Waals surface area contributed by atoms with Gasteiger partial charge in [0.05, 0.1) is 11.0 Å². The highest BCUT2D eigenvalue weighted by atomic mass is 16.2. The summed E-state index contributed by atoms with van der Waals surface area (Å²) in [7, 11) is 0. The first-order valence-electron chi connectivity index (χ1n) is 10.1. The number of carbonyl (C=O) groups excluding carboxylic acids is 1. The molecule has 9 heteroatoms. The lowest BCUT2D eigenvalue weighted by atomic mass is 10.1. The third-order valence-electron chi connectivity index (χ3n) is 4.82. The topological polar surface area (TPSA) is 100 Å². The standard InChI is InChI=1S/C19H18N8O.C2H6/c28-19(26-11-9-20-10-12-26)13-5-7-14(8-6-13)21-17-18-23-24-25-27(18)16-4-2-1-3-15(16)22-17;1-2/h1-8,20H,9-12H2,(H,21,22);1-2H3. The molecule has 3 heterocycles. The largest absolute Gasteiger partial charge is 0.337 e. The molecule has 9 nitrogen and oxygen atoms in total. The van der Waals surface area contributed by atoms with Gasteiger partial charge in [0, 0.05) is 37.4 Å². The van der Waals surface area contributed by atoms with Crippen LogP contribution in [0.5, 0.6) is 0 Å². The number of rotatable bonds is 3. The molecule has 0 atom stereocenters. The highest BCUT2D eigenvalue weighted by Gasteiger charge is 2.18. The summed E-state index contributed by atoms with van der Waals surface area (Å²) in [6.07, 6.45) is 0. The van der Waals surface area contributed by atoms with Crippen molar-refractivity contribution in [2.45, 2.75) is 13.8 Å². The minimum absolute atomic E-state index is 0.0564. The fourth-order valence-electron chi connectivity index (χ4n) is 3.37. The van der Waals surface area contributed by atoms with E-state index in [4.69, 9.17) is 0 Å². The van der Waals surface area contributed by atoms with E-state index < -0.39 is 0 Å². The normalized spacial score (nSPS) is 13.7. The molecule has 0 spiro atoms. The molecule has 0 radical (unpaired) electrons.